The summed E-state index contributed by atoms with van der Waals surface area (Å²) in [4.78, 5) is 11.3. The highest BCUT2D eigenvalue weighted by atomic mass is 16.1. The van der Waals surface area contributed by atoms with Gasteiger partial charge in [-0.3, -0.25) is 4.79 Å². The minimum absolute atomic E-state index is 0.00801. The van der Waals surface area contributed by atoms with E-state index in [9.17, 15) is 4.79 Å². The van der Waals surface area contributed by atoms with Gasteiger partial charge >= 0.3 is 0 Å². The standard InChI is InChI=1S/C15H23NO/c1-14(2,3)11-8-7-10(13(16)17)9-12(11)15(4,5)6/h7-9H,1-6H3,(H2,16,17). The van der Waals surface area contributed by atoms with Gasteiger partial charge in [-0.05, 0) is 34.1 Å². The van der Waals surface area contributed by atoms with Crippen molar-refractivity contribution in [3.63, 3.8) is 0 Å². The number of carbonyl (C=O) groups excluding carboxylic acids is 1. The minimum Gasteiger partial charge on any atom is -0.366 e. The Morgan fingerprint density at radius 2 is 1.41 bits per heavy atom. The molecule has 0 saturated heterocycles. The van der Waals surface area contributed by atoms with E-state index < -0.39 is 0 Å². The first-order chi connectivity index (χ1) is 7.53. The normalized spacial score (nSPS) is 12.6. The van der Waals surface area contributed by atoms with Crippen LogP contribution in [0.3, 0.4) is 0 Å². The fourth-order valence-corrected chi connectivity index (χ4v) is 1.97. The van der Waals surface area contributed by atoms with Crippen LogP contribution in [0, 0.1) is 0 Å². The molecular formula is C15H23NO. The zero-order valence-electron chi connectivity index (χ0n) is 11.7. The van der Waals surface area contributed by atoms with E-state index in [0.29, 0.717) is 5.56 Å². The van der Waals surface area contributed by atoms with Crippen LogP contribution in [0.1, 0.15) is 63.0 Å². The first-order valence-electron chi connectivity index (χ1n) is 5.98. The Balaban J connectivity index is 3.49. The molecule has 0 aromatic heterocycles. The second kappa shape index (κ2) is 4.17. The molecule has 1 aromatic rings. The molecule has 0 aliphatic carbocycles. The third-order valence-corrected chi connectivity index (χ3v) is 2.92. The van der Waals surface area contributed by atoms with Crippen molar-refractivity contribution in [3.05, 3.63) is 34.9 Å². The molecule has 2 heteroatoms. The molecule has 0 spiro atoms. The van der Waals surface area contributed by atoms with Gasteiger partial charge in [-0.15, -0.1) is 0 Å². The summed E-state index contributed by atoms with van der Waals surface area (Å²) in [5, 5.41) is 0. The Labute approximate surface area is 104 Å². The highest BCUT2D eigenvalue weighted by Gasteiger charge is 2.25. The molecule has 0 saturated carbocycles. The van der Waals surface area contributed by atoms with Crippen LogP contribution >= 0.6 is 0 Å². The van der Waals surface area contributed by atoms with Crippen LogP contribution in [0.25, 0.3) is 0 Å². The van der Waals surface area contributed by atoms with Crippen molar-refractivity contribution in [2.75, 3.05) is 0 Å². The van der Waals surface area contributed by atoms with Crippen molar-refractivity contribution in [3.8, 4) is 0 Å². The molecule has 94 valence electrons. The van der Waals surface area contributed by atoms with Gasteiger partial charge in [-0.25, -0.2) is 0 Å². The van der Waals surface area contributed by atoms with Crippen LogP contribution in [0.15, 0.2) is 18.2 Å². The third kappa shape index (κ3) is 3.09. The average molecular weight is 233 g/mol. The Bertz CT molecular complexity index is 433. The van der Waals surface area contributed by atoms with Crippen LogP contribution in [0.4, 0.5) is 0 Å². The van der Waals surface area contributed by atoms with Gasteiger partial charge in [0.1, 0.15) is 0 Å². The highest BCUT2D eigenvalue weighted by Crippen LogP contribution is 2.34. The van der Waals surface area contributed by atoms with Crippen LogP contribution in [0.5, 0.6) is 0 Å². The SMILES string of the molecule is CC(C)(C)c1ccc(C(N)=O)cc1C(C)(C)C. The van der Waals surface area contributed by atoms with Crippen LogP contribution in [-0.4, -0.2) is 5.91 Å². The number of benzene rings is 1. The predicted molar refractivity (Wildman–Crippen MR) is 72.4 cm³/mol. The fourth-order valence-electron chi connectivity index (χ4n) is 1.97. The first kappa shape index (κ1) is 13.8. The van der Waals surface area contributed by atoms with Crippen molar-refractivity contribution in [2.45, 2.75) is 52.4 Å². The smallest absolute Gasteiger partial charge is 0.248 e. The van der Waals surface area contributed by atoms with Crippen molar-refractivity contribution in [1.29, 1.82) is 0 Å². The molecule has 17 heavy (non-hydrogen) atoms. The molecule has 0 fully saturated rings. The molecular weight excluding hydrogens is 210 g/mol. The van der Waals surface area contributed by atoms with Crippen molar-refractivity contribution >= 4 is 5.91 Å². The van der Waals surface area contributed by atoms with Gasteiger partial charge in [0.25, 0.3) is 0 Å². The topological polar surface area (TPSA) is 43.1 Å². The number of primary amides is 1. The largest absolute Gasteiger partial charge is 0.366 e. The van der Waals surface area contributed by atoms with E-state index in [1.807, 2.05) is 18.2 Å². The Morgan fingerprint density at radius 3 is 1.76 bits per heavy atom. The summed E-state index contributed by atoms with van der Waals surface area (Å²) in [6.07, 6.45) is 0. The van der Waals surface area contributed by atoms with E-state index in [-0.39, 0.29) is 16.7 Å². The Kier molecular flexibility index (Phi) is 3.37. The van der Waals surface area contributed by atoms with Gasteiger partial charge in [-0.1, -0.05) is 47.6 Å². The van der Waals surface area contributed by atoms with E-state index in [0.717, 1.165) is 0 Å². The van der Waals surface area contributed by atoms with E-state index in [2.05, 4.69) is 41.5 Å². The van der Waals surface area contributed by atoms with Crippen LogP contribution in [0.2, 0.25) is 0 Å². The number of amides is 1. The predicted octanol–water partition coefficient (Wildman–Crippen LogP) is 3.38. The monoisotopic (exact) mass is 233 g/mol. The molecule has 2 N–H and O–H groups in total. The number of hydrogen-bond acceptors (Lipinski definition) is 1. The van der Waals surface area contributed by atoms with Gasteiger partial charge in [0.05, 0.1) is 0 Å². The molecule has 1 aromatic carbocycles. The molecule has 0 aliphatic rings. The summed E-state index contributed by atoms with van der Waals surface area (Å²) < 4.78 is 0. The zero-order valence-corrected chi connectivity index (χ0v) is 11.7. The Hall–Kier alpha value is -1.31. The van der Waals surface area contributed by atoms with Gasteiger partial charge < -0.3 is 5.73 Å². The van der Waals surface area contributed by atoms with Crippen LogP contribution in [-0.2, 0) is 10.8 Å². The van der Waals surface area contributed by atoms with Crippen molar-refractivity contribution in [2.24, 2.45) is 5.73 Å². The zero-order chi connectivity index (χ0) is 13.4. The molecule has 1 rings (SSSR count). The molecule has 2 nitrogen and oxygen atoms in total. The minimum atomic E-state index is -0.365. The maximum atomic E-state index is 11.3. The summed E-state index contributed by atoms with van der Waals surface area (Å²) in [6, 6.07) is 5.78. The lowest BCUT2D eigenvalue weighted by Crippen LogP contribution is -2.23. The van der Waals surface area contributed by atoms with E-state index in [1.54, 1.807) is 0 Å². The summed E-state index contributed by atoms with van der Waals surface area (Å²) >= 11 is 0. The van der Waals surface area contributed by atoms with Gasteiger partial charge in [0.15, 0.2) is 0 Å². The summed E-state index contributed by atoms with van der Waals surface area (Å²) in [6.45, 7) is 13.0. The second-order valence-electron chi connectivity index (χ2n) is 6.62. The molecule has 0 bridgehead atoms. The van der Waals surface area contributed by atoms with E-state index in [1.165, 1.54) is 11.1 Å². The van der Waals surface area contributed by atoms with Crippen molar-refractivity contribution in [1.82, 2.24) is 0 Å². The van der Waals surface area contributed by atoms with Gasteiger partial charge in [-0.2, -0.15) is 0 Å². The molecule has 0 aliphatic heterocycles. The molecule has 0 atom stereocenters. The first-order valence-corrected chi connectivity index (χ1v) is 5.98. The number of carbonyl (C=O) groups is 1. The summed E-state index contributed by atoms with van der Waals surface area (Å²) in [5.74, 6) is -0.365. The second-order valence-corrected chi connectivity index (χ2v) is 6.62. The molecule has 0 radical (unpaired) electrons. The van der Waals surface area contributed by atoms with Gasteiger partial charge in [0, 0.05) is 5.56 Å². The highest BCUT2D eigenvalue weighted by molar-refractivity contribution is 5.93. The van der Waals surface area contributed by atoms with E-state index >= 15 is 0 Å². The molecule has 1 amide bonds. The molecule has 0 unspecified atom stereocenters. The van der Waals surface area contributed by atoms with Gasteiger partial charge in [0.2, 0.25) is 5.91 Å². The summed E-state index contributed by atoms with van der Waals surface area (Å²) in [5.41, 5.74) is 8.48. The number of rotatable bonds is 1. The van der Waals surface area contributed by atoms with E-state index in [4.69, 9.17) is 5.73 Å². The Morgan fingerprint density at radius 1 is 0.941 bits per heavy atom. The average Bonchev–Trinajstić information content (AvgIpc) is 2.14. The lowest BCUT2D eigenvalue weighted by Gasteiger charge is -2.30. The maximum Gasteiger partial charge on any atom is 0.248 e. The lowest BCUT2D eigenvalue weighted by atomic mass is 9.74. The fraction of sp³-hybridized carbons (Fsp3) is 0.533. The molecule has 0 heterocycles. The summed E-state index contributed by atoms with van der Waals surface area (Å²) in [7, 11) is 0. The number of nitrogens with two attached hydrogens (primary N) is 1. The quantitative estimate of drug-likeness (QED) is 0.794. The van der Waals surface area contributed by atoms with Crippen molar-refractivity contribution < 1.29 is 4.79 Å². The lowest BCUT2D eigenvalue weighted by molar-refractivity contribution is 0.1000. The third-order valence-electron chi connectivity index (χ3n) is 2.92. The maximum absolute atomic E-state index is 11.3. The number of hydrogen-bond donors (Lipinski definition) is 1. The van der Waals surface area contributed by atoms with Crippen LogP contribution < -0.4 is 5.73 Å².